The van der Waals surface area contributed by atoms with Crippen molar-refractivity contribution in [3.63, 3.8) is 0 Å². The molecule has 0 aromatic heterocycles. The number of nitrogens with zero attached hydrogens (tertiary/aromatic N) is 2. The quantitative estimate of drug-likeness (QED) is 0.569. The Morgan fingerprint density at radius 2 is 1.96 bits per heavy atom. The molecule has 1 amide bonds. The first-order valence-electron chi connectivity index (χ1n) is 8.09. The molecule has 2 aliphatic heterocycles. The van der Waals surface area contributed by atoms with Crippen LogP contribution in [0.25, 0.3) is 0 Å². The van der Waals surface area contributed by atoms with Crippen LogP contribution in [0.3, 0.4) is 0 Å². The minimum atomic E-state index is -0.790. The third kappa shape index (κ3) is 3.37. The molecular weight excluding hydrogens is 338 g/mol. The molecule has 1 saturated heterocycles. The molecule has 0 bridgehead atoms. The van der Waals surface area contributed by atoms with E-state index in [-0.39, 0.29) is 37.6 Å². The molecule has 1 fully saturated rings. The van der Waals surface area contributed by atoms with Crippen molar-refractivity contribution in [1.29, 1.82) is 0 Å². The minimum absolute atomic E-state index is 0.0389. The molecule has 26 heavy (non-hydrogen) atoms. The van der Waals surface area contributed by atoms with Gasteiger partial charge in [-0.25, -0.2) is 19.6 Å². The number of hydrazine groups is 1. The average Bonchev–Trinajstić information content (AvgIpc) is 3.15. The third-order valence-electron chi connectivity index (χ3n) is 4.04. The van der Waals surface area contributed by atoms with Gasteiger partial charge in [0.2, 0.25) is 0 Å². The van der Waals surface area contributed by atoms with E-state index in [4.69, 9.17) is 15.2 Å². The number of nitrogens with two attached hydrogens (primary N) is 1. The predicted molar refractivity (Wildman–Crippen MR) is 90.8 cm³/mol. The Kier molecular flexibility index (Phi) is 5.15. The summed E-state index contributed by atoms with van der Waals surface area (Å²) in [6.07, 6.45) is 1.40. The molecule has 0 saturated carbocycles. The summed E-state index contributed by atoms with van der Waals surface area (Å²) in [5, 5.41) is 2.66. The van der Waals surface area contributed by atoms with Gasteiger partial charge in [0.05, 0.1) is 12.1 Å². The van der Waals surface area contributed by atoms with Crippen LogP contribution in [0.5, 0.6) is 0 Å². The second-order valence-corrected chi connectivity index (χ2v) is 5.88. The minimum Gasteiger partial charge on any atom is -0.457 e. The number of benzene rings is 1. The zero-order valence-electron chi connectivity index (χ0n) is 14.1. The van der Waals surface area contributed by atoms with Gasteiger partial charge in [-0.1, -0.05) is 43.0 Å². The summed E-state index contributed by atoms with van der Waals surface area (Å²) < 4.78 is 10.3. The normalized spacial score (nSPS) is 19.5. The summed E-state index contributed by atoms with van der Waals surface area (Å²) in [4.78, 5) is 37.2. The first-order chi connectivity index (χ1) is 12.5. The van der Waals surface area contributed by atoms with Crippen LogP contribution < -0.4 is 5.73 Å². The zero-order valence-corrected chi connectivity index (χ0v) is 14.1. The van der Waals surface area contributed by atoms with Gasteiger partial charge in [0.15, 0.2) is 5.70 Å². The SMILES string of the molecule is C=CCOC(=O)C1=C(C(=O)OCc2ccccc2)CN2C[C@@H](N)C(=O)N12. The molecule has 1 aromatic rings. The summed E-state index contributed by atoms with van der Waals surface area (Å²) >= 11 is 0. The maximum Gasteiger partial charge on any atom is 0.357 e. The fourth-order valence-electron chi connectivity index (χ4n) is 2.84. The molecule has 8 nitrogen and oxygen atoms in total. The number of esters is 2. The molecule has 0 unspecified atom stereocenters. The number of amides is 1. The number of ether oxygens (including phenoxy) is 2. The first-order valence-corrected chi connectivity index (χ1v) is 8.09. The van der Waals surface area contributed by atoms with E-state index in [1.165, 1.54) is 11.1 Å². The molecule has 1 atom stereocenters. The van der Waals surface area contributed by atoms with Gasteiger partial charge in [0, 0.05) is 6.54 Å². The van der Waals surface area contributed by atoms with Crippen LogP contribution in [0.2, 0.25) is 0 Å². The molecule has 2 heterocycles. The lowest BCUT2D eigenvalue weighted by Gasteiger charge is -2.20. The average molecular weight is 357 g/mol. The molecule has 1 aromatic carbocycles. The van der Waals surface area contributed by atoms with Crippen molar-refractivity contribution in [1.82, 2.24) is 10.0 Å². The van der Waals surface area contributed by atoms with Gasteiger partial charge in [-0.2, -0.15) is 0 Å². The molecule has 0 radical (unpaired) electrons. The van der Waals surface area contributed by atoms with Crippen molar-refractivity contribution in [3.05, 3.63) is 59.8 Å². The standard InChI is InChI=1S/C18H19N3O5/c1-2-8-25-18(24)15-13(9-20-10-14(19)16(22)21(15)20)17(23)26-11-12-6-4-3-5-7-12/h2-7,14H,1,8-11,19H2/t14-/m1/s1. The summed E-state index contributed by atoms with van der Waals surface area (Å²) in [7, 11) is 0. The first kappa shape index (κ1) is 17.8. The Morgan fingerprint density at radius 3 is 2.65 bits per heavy atom. The fourth-order valence-corrected chi connectivity index (χ4v) is 2.84. The van der Waals surface area contributed by atoms with Gasteiger partial charge < -0.3 is 15.2 Å². The Labute approximate surface area is 150 Å². The Morgan fingerprint density at radius 1 is 1.23 bits per heavy atom. The third-order valence-corrected chi connectivity index (χ3v) is 4.04. The Hall–Kier alpha value is -2.97. The maximum atomic E-state index is 12.5. The van der Waals surface area contributed by atoms with Crippen molar-refractivity contribution in [2.24, 2.45) is 5.73 Å². The second-order valence-electron chi connectivity index (χ2n) is 5.88. The smallest absolute Gasteiger partial charge is 0.357 e. The maximum absolute atomic E-state index is 12.5. The summed E-state index contributed by atoms with van der Waals surface area (Å²) in [5.74, 6) is -1.92. The lowest BCUT2D eigenvalue weighted by Crippen LogP contribution is -2.38. The van der Waals surface area contributed by atoms with Crippen LogP contribution >= 0.6 is 0 Å². The molecule has 0 spiro atoms. The van der Waals surface area contributed by atoms with Crippen LogP contribution in [0.4, 0.5) is 0 Å². The monoisotopic (exact) mass is 357 g/mol. The second kappa shape index (κ2) is 7.51. The number of hydrogen-bond donors (Lipinski definition) is 1. The zero-order chi connectivity index (χ0) is 18.7. The number of fused-ring (bicyclic) bond motifs is 1. The van der Waals surface area contributed by atoms with E-state index in [1.807, 2.05) is 30.3 Å². The molecule has 8 heteroatoms. The van der Waals surface area contributed by atoms with Gasteiger partial charge >= 0.3 is 11.9 Å². The molecule has 0 aliphatic carbocycles. The number of hydrogen-bond acceptors (Lipinski definition) is 7. The van der Waals surface area contributed by atoms with Crippen LogP contribution in [0.15, 0.2) is 54.3 Å². The number of carbonyl (C=O) groups excluding carboxylic acids is 3. The highest BCUT2D eigenvalue weighted by Crippen LogP contribution is 2.30. The molecule has 2 N–H and O–H groups in total. The lowest BCUT2D eigenvalue weighted by atomic mass is 10.2. The molecular formula is C18H19N3O5. The van der Waals surface area contributed by atoms with Crippen LogP contribution in [-0.4, -0.2) is 53.6 Å². The number of carbonyl (C=O) groups is 3. The van der Waals surface area contributed by atoms with Crippen molar-refractivity contribution in [3.8, 4) is 0 Å². The summed E-state index contributed by atoms with van der Waals surface area (Å²) in [6.45, 7) is 3.77. The largest absolute Gasteiger partial charge is 0.457 e. The van der Waals surface area contributed by atoms with E-state index in [1.54, 1.807) is 0 Å². The van der Waals surface area contributed by atoms with Gasteiger partial charge in [-0.05, 0) is 5.56 Å². The highest BCUT2D eigenvalue weighted by atomic mass is 16.5. The predicted octanol–water partition coefficient (Wildman–Crippen LogP) is 0.113. The fraction of sp³-hybridized carbons (Fsp3) is 0.278. The topological polar surface area (TPSA) is 102 Å². The van der Waals surface area contributed by atoms with Crippen LogP contribution in [0.1, 0.15) is 5.56 Å². The van der Waals surface area contributed by atoms with Crippen molar-refractivity contribution < 1.29 is 23.9 Å². The molecule has 136 valence electrons. The Bertz CT molecular complexity index is 774. The van der Waals surface area contributed by atoms with Crippen LogP contribution in [0, 0.1) is 0 Å². The van der Waals surface area contributed by atoms with Crippen molar-refractivity contribution in [2.75, 3.05) is 19.7 Å². The van der Waals surface area contributed by atoms with Gasteiger partial charge in [-0.15, -0.1) is 0 Å². The van der Waals surface area contributed by atoms with Crippen molar-refractivity contribution in [2.45, 2.75) is 12.6 Å². The van der Waals surface area contributed by atoms with Gasteiger partial charge in [0.1, 0.15) is 19.3 Å². The van der Waals surface area contributed by atoms with E-state index >= 15 is 0 Å². The van der Waals surface area contributed by atoms with E-state index in [0.29, 0.717) is 0 Å². The molecule has 3 rings (SSSR count). The summed E-state index contributed by atoms with van der Waals surface area (Å²) in [6, 6.07) is 8.41. The van der Waals surface area contributed by atoms with E-state index < -0.39 is 23.9 Å². The molecule has 2 aliphatic rings. The van der Waals surface area contributed by atoms with Gasteiger partial charge in [0.25, 0.3) is 5.91 Å². The highest BCUT2D eigenvalue weighted by Gasteiger charge is 2.48. The Balaban J connectivity index is 1.82. The lowest BCUT2D eigenvalue weighted by molar-refractivity contribution is -0.146. The highest BCUT2D eigenvalue weighted by molar-refractivity contribution is 6.05. The van der Waals surface area contributed by atoms with Gasteiger partial charge in [-0.3, -0.25) is 4.79 Å². The van der Waals surface area contributed by atoms with Crippen LogP contribution in [-0.2, 0) is 30.5 Å². The van der Waals surface area contributed by atoms with E-state index in [2.05, 4.69) is 6.58 Å². The van der Waals surface area contributed by atoms with E-state index in [0.717, 1.165) is 10.6 Å². The van der Waals surface area contributed by atoms with Crippen molar-refractivity contribution >= 4 is 17.8 Å². The van der Waals surface area contributed by atoms with E-state index in [9.17, 15) is 14.4 Å². The summed E-state index contributed by atoms with van der Waals surface area (Å²) in [5.41, 5.74) is 6.50. The number of rotatable bonds is 6.